The van der Waals surface area contributed by atoms with Gasteiger partial charge in [0.1, 0.15) is 12.7 Å². The van der Waals surface area contributed by atoms with Crippen LogP contribution in [-0.2, 0) is 19.2 Å². The molecule has 5 aliphatic rings. The molecule has 3 fully saturated rings. The lowest BCUT2D eigenvalue weighted by atomic mass is 9.46. The van der Waals surface area contributed by atoms with E-state index in [-0.39, 0.29) is 34.6 Å². The van der Waals surface area contributed by atoms with Crippen molar-refractivity contribution < 1.29 is 24.3 Å². The minimum Gasteiger partial charge on any atom is -0.462 e. The molecular weight excluding hydrogens is 478 g/mol. The Kier molecular flexibility index (Phi) is 6.17. The van der Waals surface area contributed by atoms with Crippen molar-refractivity contribution in [1.82, 2.24) is 0 Å². The molecule has 1 aliphatic heterocycles. The maximum absolute atomic E-state index is 13.5. The van der Waals surface area contributed by atoms with Gasteiger partial charge in [-0.2, -0.15) is 0 Å². The Morgan fingerprint density at radius 1 is 1.13 bits per heavy atom. The normalized spacial score (nSPS) is 41.2. The van der Waals surface area contributed by atoms with Gasteiger partial charge in [-0.3, -0.25) is 9.59 Å². The van der Waals surface area contributed by atoms with Crippen LogP contribution in [0.3, 0.4) is 0 Å². The lowest BCUT2D eigenvalue weighted by molar-refractivity contribution is -0.178. The van der Waals surface area contributed by atoms with Crippen LogP contribution < -0.4 is 0 Å². The summed E-state index contributed by atoms with van der Waals surface area (Å²) in [5.41, 5.74) is 1.93. The zero-order chi connectivity index (χ0) is 26.7. The third-order valence-electron chi connectivity index (χ3n) is 11.1. The SMILES string of the molecule is CC(=O)O[C@H]1CC[C@@]2(C)C(=CC[C@@H]3[C@@H]2CC[C@@]2(C)[C@H]3C[C@H]3C(/C=C/c4ccccc4)=NO[C@]32C(=O)CO)C1. The first-order valence-electron chi connectivity index (χ1n) is 14.2. The first-order valence-corrected chi connectivity index (χ1v) is 14.2. The molecule has 0 bridgehead atoms. The maximum atomic E-state index is 13.5. The topological polar surface area (TPSA) is 85.2 Å². The summed E-state index contributed by atoms with van der Waals surface area (Å²) in [4.78, 5) is 31.3. The van der Waals surface area contributed by atoms with Crippen LogP contribution in [0.15, 0.2) is 53.2 Å². The van der Waals surface area contributed by atoms with Gasteiger partial charge in [0.15, 0.2) is 0 Å². The molecule has 1 heterocycles. The third kappa shape index (κ3) is 3.59. The molecule has 8 atom stereocenters. The number of benzene rings is 1. The predicted molar refractivity (Wildman–Crippen MR) is 145 cm³/mol. The van der Waals surface area contributed by atoms with Gasteiger partial charge in [-0.1, -0.05) is 67.1 Å². The van der Waals surface area contributed by atoms with Crippen LogP contribution in [0.25, 0.3) is 6.08 Å². The molecular formula is C32H39NO5. The number of aliphatic hydroxyl groups excluding tert-OH is 1. The summed E-state index contributed by atoms with van der Waals surface area (Å²) < 4.78 is 5.60. The minimum atomic E-state index is -1.11. The van der Waals surface area contributed by atoms with Gasteiger partial charge in [-0.25, -0.2) is 0 Å². The standard InChI is InChI=1S/C32H39NO5/c1-20(35)37-23-13-15-30(2)22(17-23)10-11-24-25(30)14-16-31(3)26(24)18-27-28(12-9-21-7-5-4-6-8-21)33-38-32(27,31)29(36)19-34/h4-10,12,23-27,34H,11,13-19H2,1-3H3/b12-9+/t23-,24+,25-,26-,27-,30-,31-,32-/m0/s1. The van der Waals surface area contributed by atoms with E-state index in [1.54, 1.807) is 0 Å². The van der Waals surface area contributed by atoms with E-state index >= 15 is 0 Å². The second kappa shape index (κ2) is 9.18. The zero-order valence-electron chi connectivity index (χ0n) is 22.7. The molecule has 0 unspecified atom stereocenters. The number of aliphatic hydroxyl groups is 1. The first-order chi connectivity index (χ1) is 18.2. The number of ether oxygens (including phenoxy) is 1. The van der Waals surface area contributed by atoms with E-state index in [2.05, 4.69) is 25.1 Å². The summed E-state index contributed by atoms with van der Waals surface area (Å²) in [5, 5.41) is 14.6. The molecule has 38 heavy (non-hydrogen) atoms. The smallest absolute Gasteiger partial charge is 0.302 e. The number of ketones is 1. The third-order valence-corrected chi connectivity index (χ3v) is 11.1. The van der Waals surface area contributed by atoms with Crippen molar-refractivity contribution >= 4 is 23.5 Å². The molecule has 1 aromatic carbocycles. The number of Topliss-reactive ketones (excluding diaryl/α,β-unsaturated/α-hetero) is 1. The fraction of sp³-hybridized carbons (Fsp3) is 0.594. The minimum absolute atomic E-state index is 0.0166. The van der Waals surface area contributed by atoms with Crippen molar-refractivity contribution in [2.75, 3.05) is 6.61 Å². The summed E-state index contributed by atoms with van der Waals surface area (Å²) in [6, 6.07) is 10.1. The predicted octanol–water partition coefficient (Wildman–Crippen LogP) is 5.51. The number of hydrogen-bond acceptors (Lipinski definition) is 6. The van der Waals surface area contributed by atoms with E-state index in [0.29, 0.717) is 17.8 Å². The lowest BCUT2D eigenvalue weighted by Gasteiger charge is -2.58. The number of oxime groups is 1. The van der Waals surface area contributed by atoms with E-state index in [0.717, 1.165) is 56.2 Å². The van der Waals surface area contributed by atoms with Crippen LogP contribution >= 0.6 is 0 Å². The fourth-order valence-electron chi connectivity index (χ4n) is 9.26. The van der Waals surface area contributed by atoms with Crippen molar-refractivity contribution in [1.29, 1.82) is 0 Å². The van der Waals surface area contributed by atoms with Crippen LogP contribution in [-0.4, -0.2) is 40.9 Å². The van der Waals surface area contributed by atoms with E-state index in [9.17, 15) is 14.7 Å². The number of fused-ring (bicyclic) bond motifs is 7. The summed E-state index contributed by atoms with van der Waals surface area (Å²) in [6.07, 6.45) is 12.9. The molecule has 6 nitrogen and oxygen atoms in total. The molecule has 0 saturated heterocycles. The van der Waals surface area contributed by atoms with E-state index in [4.69, 9.17) is 9.57 Å². The Bertz CT molecular complexity index is 1220. The molecule has 4 aliphatic carbocycles. The molecule has 3 saturated carbocycles. The van der Waals surface area contributed by atoms with Crippen molar-refractivity contribution in [3.63, 3.8) is 0 Å². The van der Waals surface area contributed by atoms with Crippen molar-refractivity contribution in [3.05, 3.63) is 53.6 Å². The number of carbonyl (C=O) groups excluding carboxylic acids is 2. The van der Waals surface area contributed by atoms with E-state index in [1.807, 2.05) is 42.5 Å². The summed E-state index contributed by atoms with van der Waals surface area (Å²) in [5.74, 6) is 0.685. The Morgan fingerprint density at radius 3 is 2.66 bits per heavy atom. The highest BCUT2D eigenvalue weighted by atomic mass is 16.7. The van der Waals surface area contributed by atoms with Crippen LogP contribution in [0.4, 0.5) is 0 Å². The number of esters is 1. The Hall–Kier alpha value is -2.73. The number of rotatable bonds is 5. The monoisotopic (exact) mass is 517 g/mol. The van der Waals surface area contributed by atoms with Gasteiger partial charge in [0.2, 0.25) is 11.4 Å². The van der Waals surface area contributed by atoms with Crippen molar-refractivity contribution in [3.8, 4) is 0 Å². The number of hydrogen-bond donors (Lipinski definition) is 1. The highest BCUT2D eigenvalue weighted by Crippen LogP contribution is 2.70. The lowest BCUT2D eigenvalue weighted by Crippen LogP contribution is -2.59. The number of allylic oxidation sites excluding steroid dienone is 2. The fourth-order valence-corrected chi connectivity index (χ4v) is 9.26. The van der Waals surface area contributed by atoms with Gasteiger partial charge in [-0.15, -0.1) is 0 Å². The van der Waals surface area contributed by atoms with Gasteiger partial charge in [-0.05, 0) is 73.3 Å². The maximum Gasteiger partial charge on any atom is 0.302 e. The van der Waals surface area contributed by atoms with Gasteiger partial charge >= 0.3 is 5.97 Å². The van der Waals surface area contributed by atoms with Gasteiger partial charge < -0.3 is 14.7 Å². The van der Waals surface area contributed by atoms with Crippen LogP contribution in [0.1, 0.15) is 71.3 Å². The first kappa shape index (κ1) is 25.5. The van der Waals surface area contributed by atoms with E-state index < -0.39 is 12.2 Å². The number of nitrogens with zero attached hydrogens (tertiary/aromatic N) is 1. The number of carbonyl (C=O) groups is 2. The Labute approximate surface area is 225 Å². The summed E-state index contributed by atoms with van der Waals surface area (Å²) in [7, 11) is 0. The molecule has 1 aromatic rings. The second-order valence-electron chi connectivity index (χ2n) is 12.6. The second-order valence-corrected chi connectivity index (χ2v) is 12.6. The molecule has 0 spiro atoms. The Balaban J connectivity index is 1.32. The molecule has 0 aromatic heterocycles. The highest BCUT2D eigenvalue weighted by Gasteiger charge is 2.74. The summed E-state index contributed by atoms with van der Waals surface area (Å²) in [6.45, 7) is 5.60. The van der Waals surface area contributed by atoms with Gasteiger partial charge in [0.25, 0.3) is 0 Å². The molecule has 0 radical (unpaired) electrons. The van der Waals surface area contributed by atoms with Crippen molar-refractivity contribution in [2.24, 2.45) is 39.7 Å². The Morgan fingerprint density at radius 2 is 1.92 bits per heavy atom. The van der Waals surface area contributed by atoms with Crippen molar-refractivity contribution in [2.45, 2.75) is 77.4 Å². The van der Waals surface area contributed by atoms with E-state index in [1.165, 1.54) is 12.5 Å². The molecule has 6 rings (SSSR count). The largest absolute Gasteiger partial charge is 0.462 e. The quantitative estimate of drug-likeness (QED) is 0.411. The highest BCUT2D eigenvalue weighted by molar-refractivity contribution is 6.07. The average Bonchev–Trinajstić information content (AvgIpc) is 3.41. The molecule has 6 heteroatoms. The van der Waals surface area contributed by atoms with Gasteiger partial charge in [0.05, 0.1) is 11.6 Å². The molecule has 1 N–H and O–H groups in total. The van der Waals surface area contributed by atoms with Crippen LogP contribution in [0, 0.1) is 34.5 Å². The average molecular weight is 518 g/mol. The molecule has 0 amide bonds. The summed E-state index contributed by atoms with van der Waals surface area (Å²) >= 11 is 0. The van der Waals surface area contributed by atoms with Crippen LogP contribution in [0.5, 0.6) is 0 Å². The molecule has 202 valence electrons. The van der Waals surface area contributed by atoms with Crippen LogP contribution in [0.2, 0.25) is 0 Å². The zero-order valence-corrected chi connectivity index (χ0v) is 22.7. The van der Waals surface area contributed by atoms with Gasteiger partial charge in [0, 0.05) is 18.8 Å².